The molecule has 2 aromatic heterocycles. The fourth-order valence-corrected chi connectivity index (χ4v) is 4.63. The molecule has 1 amide bonds. The van der Waals surface area contributed by atoms with E-state index < -0.39 is 0 Å². The van der Waals surface area contributed by atoms with Gasteiger partial charge in [0.25, 0.3) is 0 Å². The number of hydrogen-bond acceptors (Lipinski definition) is 7. The fraction of sp³-hybridized carbons (Fsp3) is 0.409. The van der Waals surface area contributed by atoms with E-state index in [0.717, 1.165) is 41.1 Å². The van der Waals surface area contributed by atoms with Gasteiger partial charge in [-0.1, -0.05) is 37.3 Å². The molecule has 3 heterocycles. The molecule has 30 heavy (non-hydrogen) atoms. The highest BCUT2D eigenvalue weighted by molar-refractivity contribution is 7.18. The fourth-order valence-electron chi connectivity index (χ4n) is 3.67. The van der Waals surface area contributed by atoms with E-state index in [1.807, 2.05) is 35.2 Å². The summed E-state index contributed by atoms with van der Waals surface area (Å²) in [6.07, 6.45) is 1.40. The van der Waals surface area contributed by atoms with Crippen LogP contribution in [0.2, 0.25) is 0 Å². The average molecular weight is 426 g/mol. The predicted octanol–water partition coefficient (Wildman–Crippen LogP) is 2.55. The Bertz CT molecular complexity index is 999. The Balaban J connectivity index is 1.49. The first-order valence-corrected chi connectivity index (χ1v) is 11.2. The largest absolute Gasteiger partial charge is 0.395 e. The first-order valence-electron chi connectivity index (χ1n) is 10.4. The molecule has 0 spiro atoms. The van der Waals surface area contributed by atoms with Crippen LogP contribution in [-0.4, -0.2) is 65.2 Å². The molecule has 0 saturated carbocycles. The lowest BCUT2D eigenvalue weighted by atomic mass is 10.1. The summed E-state index contributed by atoms with van der Waals surface area (Å²) in [6.45, 7) is 5.43. The van der Waals surface area contributed by atoms with Gasteiger partial charge in [0.05, 0.1) is 18.4 Å². The van der Waals surface area contributed by atoms with Gasteiger partial charge in [-0.2, -0.15) is 4.98 Å². The molecule has 1 saturated heterocycles. The average Bonchev–Trinajstić information content (AvgIpc) is 3.21. The summed E-state index contributed by atoms with van der Waals surface area (Å²) in [4.78, 5) is 28.5. The highest BCUT2D eigenvalue weighted by Gasteiger charge is 2.24. The van der Waals surface area contributed by atoms with Gasteiger partial charge in [-0.3, -0.25) is 4.79 Å². The second kappa shape index (κ2) is 9.40. The van der Waals surface area contributed by atoms with Crippen molar-refractivity contribution in [1.29, 1.82) is 0 Å². The number of rotatable bonds is 7. The van der Waals surface area contributed by atoms with E-state index in [0.29, 0.717) is 32.0 Å². The minimum absolute atomic E-state index is 0.0313. The van der Waals surface area contributed by atoms with Crippen molar-refractivity contribution in [3.63, 3.8) is 0 Å². The van der Waals surface area contributed by atoms with Crippen LogP contribution in [0.4, 0.5) is 11.8 Å². The zero-order valence-electron chi connectivity index (χ0n) is 17.2. The first-order chi connectivity index (χ1) is 14.7. The normalized spacial score (nSPS) is 14.3. The molecule has 1 fully saturated rings. The highest BCUT2D eigenvalue weighted by Crippen LogP contribution is 2.33. The number of nitrogens with one attached hydrogen (secondary N) is 1. The van der Waals surface area contributed by atoms with Gasteiger partial charge >= 0.3 is 0 Å². The van der Waals surface area contributed by atoms with E-state index in [1.54, 1.807) is 11.3 Å². The van der Waals surface area contributed by atoms with E-state index in [1.165, 1.54) is 4.88 Å². The number of carbonyl (C=O) groups is 1. The second-order valence-corrected chi connectivity index (χ2v) is 8.45. The highest BCUT2D eigenvalue weighted by atomic mass is 32.1. The standard InChI is InChI=1S/C22H27N5O2S/c1-2-17-15-18-20(24-22(23-8-13-28)25-21(18)30-17)27-11-9-26(10-12-27)19(29)14-16-6-4-3-5-7-16/h3-7,15,28H,2,8-14H2,1H3,(H,23,24,25). The molecule has 0 unspecified atom stereocenters. The van der Waals surface area contributed by atoms with Gasteiger partial charge < -0.3 is 20.2 Å². The van der Waals surface area contributed by atoms with Crippen LogP contribution in [0.25, 0.3) is 10.2 Å². The molecule has 8 heteroatoms. The van der Waals surface area contributed by atoms with E-state index in [-0.39, 0.29) is 12.5 Å². The lowest BCUT2D eigenvalue weighted by Crippen LogP contribution is -2.49. The van der Waals surface area contributed by atoms with Crippen molar-refractivity contribution in [2.45, 2.75) is 19.8 Å². The lowest BCUT2D eigenvalue weighted by Gasteiger charge is -2.35. The zero-order valence-corrected chi connectivity index (χ0v) is 18.0. The van der Waals surface area contributed by atoms with E-state index in [9.17, 15) is 4.79 Å². The minimum atomic E-state index is 0.0313. The summed E-state index contributed by atoms with van der Waals surface area (Å²) in [5.74, 6) is 1.62. The molecule has 158 valence electrons. The Kier molecular flexibility index (Phi) is 6.44. The number of anilines is 2. The number of aliphatic hydroxyl groups is 1. The Morgan fingerprint density at radius 3 is 2.63 bits per heavy atom. The van der Waals surface area contributed by atoms with Crippen molar-refractivity contribution in [3.8, 4) is 0 Å². The summed E-state index contributed by atoms with van der Waals surface area (Å²) in [6, 6.07) is 12.1. The van der Waals surface area contributed by atoms with Gasteiger partial charge in [-0.15, -0.1) is 11.3 Å². The SMILES string of the molecule is CCc1cc2c(N3CCN(C(=O)Cc4ccccc4)CC3)nc(NCCO)nc2s1. The summed E-state index contributed by atoms with van der Waals surface area (Å²) in [5, 5.41) is 13.3. The minimum Gasteiger partial charge on any atom is -0.395 e. The number of carbonyl (C=O) groups excluding carboxylic acids is 1. The number of aromatic nitrogens is 2. The molecule has 7 nitrogen and oxygen atoms in total. The van der Waals surface area contributed by atoms with Crippen LogP contribution in [-0.2, 0) is 17.6 Å². The van der Waals surface area contributed by atoms with Crippen LogP contribution in [0.15, 0.2) is 36.4 Å². The number of thiophene rings is 1. The van der Waals surface area contributed by atoms with E-state index in [4.69, 9.17) is 10.1 Å². The molecule has 4 rings (SSSR count). The molecular formula is C22H27N5O2S. The van der Waals surface area contributed by atoms with Crippen LogP contribution >= 0.6 is 11.3 Å². The monoisotopic (exact) mass is 425 g/mol. The Morgan fingerprint density at radius 1 is 1.17 bits per heavy atom. The predicted molar refractivity (Wildman–Crippen MR) is 121 cm³/mol. The molecule has 1 aromatic carbocycles. The topological polar surface area (TPSA) is 81.6 Å². The molecule has 2 N–H and O–H groups in total. The van der Waals surface area contributed by atoms with Crippen LogP contribution in [0.3, 0.4) is 0 Å². The van der Waals surface area contributed by atoms with Crippen LogP contribution < -0.4 is 10.2 Å². The number of piperazine rings is 1. The third kappa shape index (κ3) is 4.55. The number of fused-ring (bicyclic) bond motifs is 1. The summed E-state index contributed by atoms with van der Waals surface area (Å²) < 4.78 is 0. The van der Waals surface area contributed by atoms with Crippen LogP contribution in [0.5, 0.6) is 0 Å². The maximum Gasteiger partial charge on any atom is 0.227 e. The molecule has 0 bridgehead atoms. The van der Waals surface area contributed by atoms with Gasteiger partial charge in [0, 0.05) is 37.6 Å². The van der Waals surface area contributed by atoms with Gasteiger partial charge in [0.1, 0.15) is 10.6 Å². The molecule has 1 aliphatic heterocycles. The molecule has 0 aliphatic carbocycles. The van der Waals surface area contributed by atoms with E-state index >= 15 is 0 Å². The first kappa shape index (κ1) is 20.6. The van der Waals surface area contributed by atoms with E-state index in [2.05, 4.69) is 28.2 Å². The second-order valence-electron chi connectivity index (χ2n) is 7.34. The maximum atomic E-state index is 12.7. The summed E-state index contributed by atoms with van der Waals surface area (Å²) in [7, 11) is 0. The van der Waals surface area contributed by atoms with Crippen LogP contribution in [0, 0.1) is 0 Å². The molecule has 3 aromatic rings. The van der Waals surface area contributed by atoms with Gasteiger partial charge in [0.2, 0.25) is 11.9 Å². The quantitative estimate of drug-likeness (QED) is 0.606. The van der Waals surface area contributed by atoms with Gasteiger partial charge in [0.15, 0.2) is 0 Å². The van der Waals surface area contributed by atoms with Crippen molar-refractivity contribution in [1.82, 2.24) is 14.9 Å². The van der Waals surface area contributed by atoms with Crippen molar-refractivity contribution in [2.75, 3.05) is 49.5 Å². The third-order valence-corrected chi connectivity index (χ3v) is 6.47. The van der Waals surface area contributed by atoms with Crippen molar-refractivity contribution < 1.29 is 9.90 Å². The molecule has 0 atom stereocenters. The number of hydrogen-bond donors (Lipinski definition) is 2. The number of nitrogens with zero attached hydrogens (tertiary/aromatic N) is 4. The Morgan fingerprint density at radius 2 is 1.93 bits per heavy atom. The maximum absolute atomic E-state index is 12.7. The lowest BCUT2D eigenvalue weighted by molar-refractivity contribution is -0.130. The van der Waals surface area contributed by atoms with Crippen molar-refractivity contribution in [2.24, 2.45) is 0 Å². The number of aryl methyl sites for hydroxylation is 1. The molecule has 0 radical (unpaired) electrons. The molecular weight excluding hydrogens is 398 g/mol. The van der Waals surface area contributed by atoms with Crippen molar-refractivity contribution in [3.05, 3.63) is 46.8 Å². The number of aliphatic hydroxyl groups excluding tert-OH is 1. The Hall–Kier alpha value is -2.71. The third-order valence-electron chi connectivity index (χ3n) is 5.30. The van der Waals surface area contributed by atoms with Crippen molar-refractivity contribution >= 4 is 39.2 Å². The summed E-state index contributed by atoms with van der Waals surface area (Å²) in [5.41, 5.74) is 1.05. The van der Waals surface area contributed by atoms with Crippen LogP contribution in [0.1, 0.15) is 17.4 Å². The van der Waals surface area contributed by atoms with Gasteiger partial charge in [-0.05, 0) is 18.1 Å². The zero-order chi connectivity index (χ0) is 20.9. The smallest absolute Gasteiger partial charge is 0.227 e. The number of benzene rings is 1. The number of amides is 1. The molecule has 1 aliphatic rings. The van der Waals surface area contributed by atoms with Gasteiger partial charge in [-0.25, -0.2) is 4.98 Å². The Labute approximate surface area is 180 Å². The summed E-state index contributed by atoms with van der Waals surface area (Å²) >= 11 is 1.68.